The van der Waals surface area contributed by atoms with Gasteiger partial charge in [-0.25, -0.2) is 0 Å². The van der Waals surface area contributed by atoms with Gasteiger partial charge in [-0.05, 0) is 51.9 Å². The van der Waals surface area contributed by atoms with Gasteiger partial charge >= 0.3 is 0 Å². The molecule has 104 valence electrons. The third kappa shape index (κ3) is 3.64. The first-order chi connectivity index (χ1) is 10.3. The summed E-state index contributed by atoms with van der Waals surface area (Å²) < 4.78 is 7.09. The molecule has 21 heavy (non-hydrogen) atoms. The molecule has 0 atom stereocenters. The molecule has 3 rings (SSSR count). The Morgan fingerprint density at radius 2 is 1.29 bits per heavy atom. The second-order valence-corrected chi connectivity index (χ2v) is 5.93. The van der Waals surface area contributed by atoms with Crippen LogP contribution in [-0.4, -0.2) is 0 Å². The zero-order chi connectivity index (χ0) is 14.5. The van der Waals surface area contributed by atoms with Gasteiger partial charge in [0.15, 0.2) is 0 Å². The smallest absolute Gasteiger partial charge is 0.119 e. The van der Waals surface area contributed by atoms with Crippen molar-refractivity contribution in [3.8, 4) is 16.9 Å². The van der Waals surface area contributed by atoms with Crippen LogP contribution in [0, 0.1) is 3.57 Å². The van der Waals surface area contributed by atoms with Crippen molar-refractivity contribution in [1.82, 2.24) is 0 Å². The summed E-state index contributed by atoms with van der Waals surface area (Å²) in [5, 5.41) is 0. The van der Waals surface area contributed by atoms with Crippen molar-refractivity contribution in [2.75, 3.05) is 0 Å². The Morgan fingerprint density at radius 1 is 0.667 bits per heavy atom. The highest BCUT2D eigenvalue weighted by atomic mass is 127. The van der Waals surface area contributed by atoms with Crippen LogP contribution in [0.5, 0.6) is 5.75 Å². The van der Waals surface area contributed by atoms with E-state index in [4.69, 9.17) is 4.74 Å². The van der Waals surface area contributed by atoms with Crippen molar-refractivity contribution in [2.24, 2.45) is 0 Å². The monoisotopic (exact) mass is 386 g/mol. The van der Waals surface area contributed by atoms with Gasteiger partial charge in [0.2, 0.25) is 0 Å². The van der Waals surface area contributed by atoms with Crippen molar-refractivity contribution in [3.63, 3.8) is 0 Å². The van der Waals surface area contributed by atoms with E-state index >= 15 is 0 Å². The van der Waals surface area contributed by atoms with Gasteiger partial charge in [0.25, 0.3) is 0 Å². The van der Waals surface area contributed by atoms with Crippen LogP contribution in [0.3, 0.4) is 0 Å². The zero-order valence-corrected chi connectivity index (χ0v) is 13.7. The fourth-order valence-corrected chi connectivity index (χ4v) is 2.69. The Balaban J connectivity index is 1.69. The molecule has 0 aliphatic heterocycles. The van der Waals surface area contributed by atoms with E-state index in [0.29, 0.717) is 6.61 Å². The lowest BCUT2D eigenvalue weighted by molar-refractivity contribution is 0.305. The van der Waals surface area contributed by atoms with E-state index in [1.54, 1.807) is 0 Å². The highest BCUT2D eigenvalue weighted by molar-refractivity contribution is 14.1. The minimum absolute atomic E-state index is 0.601. The first-order valence-corrected chi connectivity index (χ1v) is 7.92. The van der Waals surface area contributed by atoms with Gasteiger partial charge in [0.1, 0.15) is 12.4 Å². The topological polar surface area (TPSA) is 9.23 Å². The Morgan fingerprint density at radius 3 is 2.00 bits per heavy atom. The van der Waals surface area contributed by atoms with E-state index in [-0.39, 0.29) is 0 Å². The van der Waals surface area contributed by atoms with Gasteiger partial charge in [0, 0.05) is 9.13 Å². The lowest BCUT2D eigenvalue weighted by Crippen LogP contribution is -1.97. The predicted octanol–water partition coefficient (Wildman–Crippen LogP) is 5.54. The summed E-state index contributed by atoms with van der Waals surface area (Å²) in [6, 6.07) is 26.9. The van der Waals surface area contributed by atoms with Crippen LogP contribution in [0.25, 0.3) is 11.1 Å². The van der Waals surface area contributed by atoms with E-state index in [0.717, 1.165) is 5.75 Å². The number of rotatable bonds is 4. The summed E-state index contributed by atoms with van der Waals surface area (Å²) >= 11 is 2.34. The average Bonchev–Trinajstić information content (AvgIpc) is 2.55. The standard InChI is InChI=1S/C19H15IO/c20-19-9-5-4-8-17(19)14-21-18-12-10-16(11-13-18)15-6-2-1-3-7-15/h1-13H,14H2. The molecule has 0 aliphatic rings. The van der Waals surface area contributed by atoms with Gasteiger partial charge < -0.3 is 4.74 Å². The number of hydrogen-bond donors (Lipinski definition) is 0. The maximum Gasteiger partial charge on any atom is 0.119 e. The molecule has 1 nitrogen and oxygen atoms in total. The third-order valence-corrected chi connectivity index (χ3v) is 4.37. The molecule has 0 aromatic heterocycles. The predicted molar refractivity (Wildman–Crippen MR) is 95.4 cm³/mol. The van der Waals surface area contributed by atoms with Crippen LogP contribution in [-0.2, 0) is 6.61 Å². The van der Waals surface area contributed by atoms with E-state index in [1.165, 1.54) is 20.3 Å². The normalized spacial score (nSPS) is 10.3. The lowest BCUT2D eigenvalue weighted by Gasteiger charge is -2.09. The summed E-state index contributed by atoms with van der Waals surface area (Å²) in [4.78, 5) is 0. The molecule has 0 amide bonds. The fourth-order valence-electron chi connectivity index (χ4n) is 2.15. The molecule has 0 N–H and O–H groups in total. The first kappa shape index (κ1) is 14.1. The van der Waals surface area contributed by atoms with Crippen LogP contribution in [0.2, 0.25) is 0 Å². The number of benzene rings is 3. The van der Waals surface area contributed by atoms with Crippen LogP contribution in [0.1, 0.15) is 5.56 Å². The highest BCUT2D eigenvalue weighted by Crippen LogP contribution is 2.23. The van der Waals surface area contributed by atoms with Crippen LogP contribution >= 0.6 is 22.6 Å². The second-order valence-electron chi connectivity index (χ2n) is 4.77. The Kier molecular flexibility index (Phi) is 4.55. The molecule has 0 fully saturated rings. The van der Waals surface area contributed by atoms with Gasteiger partial charge in [-0.1, -0.05) is 60.7 Å². The van der Waals surface area contributed by atoms with Crippen LogP contribution < -0.4 is 4.74 Å². The summed E-state index contributed by atoms with van der Waals surface area (Å²) in [6.45, 7) is 0.601. The van der Waals surface area contributed by atoms with Crippen molar-refractivity contribution in [3.05, 3.63) is 88.0 Å². The minimum atomic E-state index is 0.601. The van der Waals surface area contributed by atoms with Crippen molar-refractivity contribution in [1.29, 1.82) is 0 Å². The third-order valence-electron chi connectivity index (χ3n) is 3.31. The molecule has 0 unspecified atom stereocenters. The van der Waals surface area contributed by atoms with Crippen LogP contribution in [0.15, 0.2) is 78.9 Å². The number of halogens is 1. The zero-order valence-electron chi connectivity index (χ0n) is 11.5. The van der Waals surface area contributed by atoms with Gasteiger partial charge in [-0.15, -0.1) is 0 Å². The van der Waals surface area contributed by atoms with Crippen molar-refractivity contribution >= 4 is 22.6 Å². The van der Waals surface area contributed by atoms with Crippen molar-refractivity contribution < 1.29 is 4.74 Å². The van der Waals surface area contributed by atoms with Crippen LogP contribution in [0.4, 0.5) is 0 Å². The molecule has 3 aromatic rings. The molecular weight excluding hydrogens is 371 g/mol. The SMILES string of the molecule is Ic1ccccc1COc1ccc(-c2ccccc2)cc1. The second kappa shape index (κ2) is 6.76. The molecule has 0 aliphatic carbocycles. The molecule has 0 bridgehead atoms. The number of ether oxygens (including phenoxy) is 1. The van der Waals surface area contributed by atoms with E-state index in [9.17, 15) is 0 Å². The van der Waals surface area contributed by atoms with Gasteiger partial charge in [0.05, 0.1) is 0 Å². The molecular formula is C19H15IO. The van der Waals surface area contributed by atoms with Gasteiger partial charge in [-0.3, -0.25) is 0 Å². The molecule has 0 saturated heterocycles. The summed E-state index contributed by atoms with van der Waals surface area (Å²) in [6.07, 6.45) is 0. The summed E-state index contributed by atoms with van der Waals surface area (Å²) in [5.41, 5.74) is 3.64. The van der Waals surface area contributed by atoms with E-state index in [1.807, 2.05) is 30.3 Å². The Labute approximate surface area is 138 Å². The maximum absolute atomic E-state index is 5.86. The first-order valence-electron chi connectivity index (χ1n) is 6.84. The van der Waals surface area contributed by atoms with E-state index in [2.05, 4.69) is 71.1 Å². The summed E-state index contributed by atoms with van der Waals surface area (Å²) in [5.74, 6) is 0.898. The molecule has 3 aromatic carbocycles. The van der Waals surface area contributed by atoms with Gasteiger partial charge in [-0.2, -0.15) is 0 Å². The highest BCUT2D eigenvalue weighted by Gasteiger charge is 2.01. The lowest BCUT2D eigenvalue weighted by atomic mass is 10.1. The number of hydrogen-bond acceptors (Lipinski definition) is 1. The quantitative estimate of drug-likeness (QED) is 0.536. The largest absolute Gasteiger partial charge is 0.489 e. The molecule has 0 spiro atoms. The summed E-state index contributed by atoms with van der Waals surface area (Å²) in [7, 11) is 0. The molecule has 0 saturated carbocycles. The van der Waals surface area contributed by atoms with E-state index < -0.39 is 0 Å². The average molecular weight is 386 g/mol. The molecule has 2 heteroatoms. The Bertz CT molecular complexity index is 705. The maximum atomic E-state index is 5.86. The fraction of sp³-hybridized carbons (Fsp3) is 0.0526. The molecule has 0 heterocycles. The Hall–Kier alpha value is -1.81. The minimum Gasteiger partial charge on any atom is -0.489 e. The van der Waals surface area contributed by atoms with Crippen molar-refractivity contribution in [2.45, 2.75) is 6.61 Å². The molecule has 0 radical (unpaired) electrons.